The highest BCUT2D eigenvalue weighted by Crippen LogP contribution is 2.29. The number of rotatable bonds is 8. The molecule has 4 heteroatoms. The van der Waals surface area contributed by atoms with E-state index in [9.17, 15) is 0 Å². The lowest BCUT2D eigenvalue weighted by molar-refractivity contribution is 0.413. The predicted molar refractivity (Wildman–Crippen MR) is 89.7 cm³/mol. The molecule has 116 valence electrons. The Kier molecular flexibility index (Phi) is 7.13. The number of hydrogen-bond acceptors (Lipinski definition) is 4. The van der Waals surface area contributed by atoms with E-state index in [-0.39, 0.29) is 5.41 Å². The highest BCUT2D eigenvalue weighted by molar-refractivity contribution is 7.11. The molecule has 0 aliphatic rings. The summed E-state index contributed by atoms with van der Waals surface area (Å²) in [7, 11) is 4.23. The third-order valence-corrected chi connectivity index (χ3v) is 4.33. The Morgan fingerprint density at radius 1 is 1.25 bits per heavy atom. The third-order valence-electron chi connectivity index (χ3n) is 3.22. The molecule has 1 aromatic heterocycles. The Morgan fingerprint density at radius 3 is 2.50 bits per heavy atom. The van der Waals surface area contributed by atoms with E-state index >= 15 is 0 Å². The van der Waals surface area contributed by atoms with Gasteiger partial charge in [-0.3, -0.25) is 0 Å². The van der Waals surface area contributed by atoms with Gasteiger partial charge < -0.3 is 10.2 Å². The summed E-state index contributed by atoms with van der Waals surface area (Å²) < 4.78 is 0. The second-order valence-corrected chi connectivity index (χ2v) is 7.88. The molecule has 0 radical (unpaired) electrons. The fraction of sp³-hybridized carbons (Fsp3) is 0.812. The van der Waals surface area contributed by atoms with E-state index in [0.717, 1.165) is 26.1 Å². The number of aromatic nitrogens is 1. The molecule has 1 N–H and O–H groups in total. The molecule has 0 saturated carbocycles. The Bertz CT molecular complexity index is 391. The van der Waals surface area contributed by atoms with Crippen molar-refractivity contribution in [3.05, 3.63) is 15.6 Å². The monoisotopic (exact) mass is 297 g/mol. The van der Waals surface area contributed by atoms with Crippen molar-refractivity contribution in [2.75, 3.05) is 27.2 Å². The number of hydrogen-bond donors (Lipinski definition) is 1. The molecule has 0 atom stereocenters. The number of nitrogens with zero attached hydrogens (tertiary/aromatic N) is 2. The molecule has 0 fully saturated rings. The van der Waals surface area contributed by atoms with Crippen molar-refractivity contribution < 1.29 is 0 Å². The van der Waals surface area contributed by atoms with Crippen LogP contribution in [0.4, 0.5) is 0 Å². The molecule has 0 aliphatic carbocycles. The van der Waals surface area contributed by atoms with Gasteiger partial charge in [0, 0.05) is 29.8 Å². The number of unbranched alkanes of at least 4 members (excludes halogenated alkanes) is 1. The maximum atomic E-state index is 4.90. The molecule has 3 nitrogen and oxygen atoms in total. The molecule has 0 bridgehead atoms. The molecule has 1 rings (SSSR count). The van der Waals surface area contributed by atoms with E-state index in [0.29, 0.717) is 0 Å². The number of likely N-dealkylation sites (N-methyl/N-ethyl adjacent to an activating group) is 1. The Hall–Kier alpha value is -0.450. The predicted octanol–water partition coefficient (Wildman–Crippen LogP) is 3.43. The van der Waals surface area contributed by atoms with E-state index in [1.54, 1.807) is 0 Å². The van der Waals surface area contributed by atoms with Crippen LogP contribution in [0.2, 0.25) is 0 Å². The molecular weight excluding hydrogens is 266 g/mol. The first-order valence-electron chi connectivity index (χ1n) is 7.69. The second kappa shape index (κ2) is 8.11. The molecular formula is C16H31N3S. The highest BCUT2D eigenvalue weighted by Gasteiger charge is 2.22. The maximum absolute atomic E-state index is 4.90. The lowest BCUT2D eigenvalue weighted by Gasteiger charge is -2.17. The van der Waals surface area contributed by atoms with Crippen molar-refractivity contribution in [1.29, 1.82) is 0 Å². The van der Waals surface area contributed by atoms with Gasteiger partial charge in [0.1, 0.15) is 0 Å². The summed E-state index contributed by atoms with van der Waals surface area (Å²) in [6.45, 7) is 12.1. The van der Waals surface area contributed by atoms with Gasteiger partial charge in [-0.2, -0.15) is 0 Å². The normalized spacial score (nSPS) is 12.3. The van der Waals surface area contributed by atoms with E-state index in [1.807, 2.05) is 11.3 Å². The minimum absolute atomic E-state index is 0.134. The van der Waals surface area contributed by atoms with Crippen LogP contribution >= 0.6 is 11.3 Å². The van der Waals surface area contributed by atoms with Crippen LogP contribution in [0.3, 0.4) is 0 Å². The molecule has 1 heterocycles. The van der Waals surface area contributed by atoms with Crippen molar-refractivity contribution in [3.8, 4) is 0 Å². The molecule has 0 unspecified atom stereocenters. The van der Waals surface area contributed by atoms with Gasteiger partial charge in [0.15, 0.2) is 0 Å². The zero-order chi connectivity index (χ0) is 15.2. The topological polar surface area (TPSA) is 28.2 Å². The largest absolute Gasteiger partial charge is 0.312 e. The quantitative estimate of drug-likeness (QED) is 0.745. The first-order chi connectivity index (χ1) is 9.34. The summed E-state index contributed by atoms with van der Waals surface area (Å²) >= 11 is 1.89. The average molecular weight is 298 g/mol. The second-order valence-electron chi connectivity index (χ2n) is 6.71. The fourth-order valence-electron chi connectivity index (χ4n) is 2.04. The van der Waals surface area contributed by atoms with Gasteiger partial charge in [0.2, 0.25) is 0 Å². The molecule has 0 aliphatic heterocycles. The van der Waals surface area contributed by atoms with Crippen molar-refractivity contribution >= 4 is 11.3 Å². The molecule has 1 aromatic rings. The van der Waals surface area contributed by atoms with Gasteiger partial charge in [0.25, 0.3) is 0 Å². The molecule has 0 amide bonds. The van der Waals surface area contributed by atoms with Gasteiger partial charge in [0.05, 0.1) is 10.7 Å². The summed E-state index contributed by atoms with van der Waals surface area (Å²) in [5.74, 6) is 0. The van der Waals surface area contributed by atoms with Crippen molar-refractivity contribution in [2.45, 2.75) is 58.9 Å². The van der Waals surface area contributed by atoms with Crippen molar-refractivity contribution in [1.82, 2.24) is 15.2 Å². The molecule has 0 saturated heterocycles. The number of thiazole rings is 1. The Labute approximate surface area is 128 Å². The number of nitrogens with one attached hydrogen (secondary N) is 1. The lowest BCUT2D eigenvalue weighted by atomic mass is 9.91. The zero-order valence-electron chi connectivity index (χ0n) is 14.0. The van der Waals surface area contributed by atoms with Crippen LogP contribution in [-0.4, -0.2) is 37.1 Å². The van der Waals surface area contributed by atoms with E-state index in [4.69, 9.17) is 4.98 Å². The molecule has 0 aromatic carbocycles. The van der Waals surface area contributed by atoms with Crippen molar-refractivity contribution in [2.24, 2.45) is 0 Å². The van der Waals surface area contributed by atoms with Crippen LogP contribution in [0.1, 0.15) is 56.1 Å². The van der Waals surface area contributed by atoms with Crippen LogP contribution < -0.4 is 5.32 Å². The SMILES string of the molecule is CCCCNCc1sc(CCN(C)C)nc1C(C)(C)C. The zero-order valence-corrected chi connectivity index (χ0v) is 14.9. The van der Waals surface area contributed by atoms with Crippen LogP contribution in [0.25, 0.3) is 0 Å². The Balaban J connectivity index is 2.73. The lowest BCUT2D eigenvalue weighted by Crippen LogP contribution is -2.19. The van der Waals surface area contributed by atoms with E-state index < -0.39 is 0 Å². The van der Waals surface area contributed by atoms with E-state index in [1.165, 1.54) is 28.4 Å². The van der Waals surface area contributed by atoms with Crippen LogP contribution in [0.15, 0.2) is 0 Å². The third kappa shape index (κ3) is 5.90. The Morgan fingerprint density at radius 2 is 1.95 bits per heavy atom. The summed E-state index contributed by atoms with van der Waals surface area (Å²) in [6, 6.07) is 0. The summed E-state index contributed by atoms with van der Waals surface area (Å²) in [4.78, 5) is 8.54. The van der Waals surface area contributed by atoms with Crippen LogP contribution in [-0.2, 0) is 18.4 Å². The maximum Gasteiger partial charge on any atom is 0.0944 e. The highest BCUT2D eigenvalue weighted by atomic mass is 32.1. The van der Waals surface area contributed by atoms with E-state index in [2.05, 4.69) is 52.0 Å². The first-order valence-corrected chi connectivity index (χ1v) is 8.50. The van der Waals surface area contributed by atoms with Gasteiger partial charge in [-0.15, -0.1) is 11.3 Å². The summed E-state index contributed by atoms with van der Waals surface area (Å²) in [6.07, 6.45) is 3.54. The first kappa shape index (κ1) is 17.6. The minimum Gasteiger partial charge on any atom is -0.312 e. The standard InChI is InChI=1S/C16H31N3S/c1-7-8-10-17-12-13-15(16(2,3)4)18-14(20-13)9-11-19(5)6/h17H,7-12H2,1-6H3. The van der Waals surface area contributed by atoms with Gasteiger partial charge in [-0.25, -0.2) is 4.98 Å². The summed E-state index contributed by atoms with van der Waals surface area (Å²) in [5.41, 5.74) is 1.41. The van der Waals surface area contributed by atoms with Gasteiger partial charge in [-0.05, 0) is 27.1 Å². The van der Waals surface area contributed by atoms with Gasteiger partial charge >= 0.3 is 0 Å². The van der Waals surface area contributed by atoms with Gasteiger partial charge in [-0.1, -0.05) is 34.1 Å². The van der Waals surface area contributed by atoms with Crippen molar-refractivity contribution in [3.63, 3.8) is 0 Å². The summed E-state index contributed by atoms with van der Waals surface area (Å²) in [5, 5.41) is 4.83. The smallest absolute Gasteiger partial charge is 0.0944 e. The van der Waals surface area contributed by atoms with Crippen LogP contribution in [0.5, 0.6) is 0 Å². The molecule has 0 spiro atoms. The molecule has 20 heavy (non-hydrogen) atoms. The van der Waals surface area contributed by atoms with Crippen LogP contribution in [0, 0.1) is 0 Å². The fourth-order valence-corrected chi connectivity index (χ4v) is 3.27. The average Bonchev–Trinajstić information content (AvgIpc) is 2.75. The minimum atomic E-state index is 0.134.